The SMILES string of the molecule is NCC1(C(F)C(F)(F)F)CCC1. The first-order valence-corrected chi connectivity index (χ1v) is 3.83. The average Bonchev–Trinajstić information content (AvgIpc) is 1.84. The summed E-state index contributed by atoms with van der Waals surface area (Å²) in [5, 5.41) is 0. The molecule has 0 radical (unpaired) electrons. The molecular weight excluding hydrogens is 174 g/mol. The van der Waals surface area contributed by atoms with Crippen molar-refractivity contribution in [2.45, 2.75) is 31.6 Å². The van der Waals surface area contributed by atoms with Gasteiger partial charge in [-0.05, 0) is 12.8 Å². The lowest BCUT2D eigenvalue weighted by atomic mass is 9.65. The number of halogens is 4. The number of hydrogen-bond acceptors (Lipinski definition) is 1. The summed E-state index contributed by atoms with van der Waals surface area (Å²) < 4.78 is 48.6. The van der Waals surface area contributed by atoms with E-state index in [0.717, 1.165) is 0 Å². The molecule has 1 atom stereocenters. The highest BCUT2D eigenvalue weighted by Gasteiger charge is 2.56. The lowest BCUT2D eigenvalue weighted by Crippen LogP contribution is -2.51. The summed E-state index contributed by atoms with van der Waals surface area (Å²) in [6, 6.07) is 0. The van der Waals surface area contributed by atoms with Gasteiger partial charge in [0, 0.05) is 12.0 Å². The van der Waals surface area contributed by atoms with Crippen molar-refractivity contribution in [2.24, 2.45) is 11.1 Å². The molecule has 72 valence electrons. The van der Waals surface area contributed by atoms with Gasteiger partial charge in [-0.15, -0.1) is 0 Å². The van der Waals surface area contributed by atoms with E-state index in [1.165, 1.54) is 0 Å². The fourth-order valence-electron chi connectivity index (χ4n) is 1.54. The van der Waals surface area contributed by atoms with Crippen molar-refractivity contribution in [1.29, 1.82) is 0 Å². The molecule has 2 N–H and O–H groups in total. The maximum Gasteiger partial charge on any atom is 0.420 e. The van der Waals surface area contributed by atoms with Crippen molar-refractivity contribution in [2.75, 3.05) is 6.54 Å². The van der Waals surface area contributed by atoms with Crippen LogP contribution in [0.1, 0.15) is 19.3 Å². The minimum absolute atomic E-state index is 0.215. The smallest absolute Gasteiger partial charge is 0.330 e. The Kier molecular flexibility index (Phi) is 2.33. The van der Waals surface area contributed by atoms with E-state index in [1.54, 1.807) is 0 Å². The quantitative estimate of drug-likeness (QED) is 0.654. The van der Waals surface area contributed by atoms with E-state index in [1.807, 2.05) is 0 Å². The molecule has 0 bridgehead atoms. The third-order valence-corrected chi connectivity index (χ3v) is 2.58. The standard InChI is InChI=1S/C7H11F4N/c8-5(7(9,10)11)6(4-12)2-1-3-6/h5H,1-4,12H2. The van der Waals surface area contributed by atoms with Crippen molar-refractivity contribution >= 4 is 0 Å². The summed E-state index contributed by atoms with van der Waals surface area (Å²) in [7, 11) is 0. The first-order valence-electron chi connectivity index (χ1n) is 3.83. The van der Waals surface area contributed by atoms with E-state index in [9.17, 15) is 17.6 Å². The lowest BCUT2D eigenvalue weighted by molar-refractivity contribution is -0.224. The normalized spacial score (nSPS) is 24.8. The minimum Gasteiger partial charge on any atom is -0.330 e. The number of hydrogen-bond donors (Lipinski definition) is 1. The first-order chi connectivity index (χ1) is 5.42. The Bertz CT molecular complexity index is 156. The Hall–Kier alpha value is -0.320. The molecule has 0 aliphatic heterocycles. The van der Waals surface area contributed by atoms with Gasteiger partial charge in [-0.25, -0.2) is 4.39 Å². The highest BCUT2D eigenvalue weighted by atomic mass is 19.4. The summed E-state index contributed by atoms with van der Waals surface area (Å²) >= 11 is 0. The van der Waals surface area contributed by atoms with E-state index < -0.39 is 17.8 Å². The maximum atomic E-state index is 12.8. The van der Waals surface area contributed by atoms with Gasteiger partial charge in [0.2, 0.25) is 6.17 Å². The second-order valence-corrected chi connectivity index (χ2v) is 3.32. The predicted molar refractivity (Wildman–Crippen MR) is 36.3 cm³/mol. The molecule has 0 saturated heterocycles. The highest BCUT2D eigenvalue weighted by molar-refractivity contribution is 4.97. The van der Waals surface area contributed by atoms with Gasteiger partial charge in [-0.1, -0.05) is 6.42 Å². The Balaban J connectivity index is 2.67. The van der Waals surface area contributed by atoms with Crippen LogP contribution in [0.2, 0.25) is 0 Å². The van der Waals surface area contributed by atoms with Crippen LogP contribution in [0.5, 0.6) is 0 Å². The molecule has 0 aromatic rings. The summed E-state index contributed by atoms with van der Waals surface area (Å²) in [4.78, 5) is 0. The second-order valence-electron chi connectivity index (χ2n) is 3.32. The van der Waals surface area contributed by atoms with Crippen molar-refractivity contribution in [3.8, 4) is 0 Å². The Labute approximate surface area is 67.9 Å². The molecule has 1 rings (SSSR count). The molecular formula is C7H11F4N. The Morgan fingerprint density at radius 1 is 1.33 bits per heavy atom. The molecule has 0 aromatic carbocycles. The van der Waals surface area contributed by atoms with Gasteiger partial charge >= 0.3 is 6.18 Å². The number of nitrogens with two attached hydrogens (primary N) is 1. The Morgan fingerprint density at radius 3 is 1.92 bits per heavy atom. The van der Waals surface area contributed by atoms with E-state index in [-0.39, 0.29) is 19.4 Å². The molecule has 0 heterocycles. The highest BCUT2D eigenvalue weighted by Crippen LogP contribution is 2.49. The third-order valence-electron chi connectivity index (χ3n) is 2.58. The molecule has 1 saturated carbocycles. The van der Waals surface area contributed by atoms with Gasteiger partial charge in [0.25, 0.3) is 0 Å². The van der Waals surface area contributed by atoms with Crippen molar-refractivity contribution in [3.63, 3.8) is 0 Å². The van der Waals surface area contributed by atoms with Gasteiger partial charge in [0.1, 0.15) is 0 Å². The van der Waals surface area contributed by atoms with Crippen LogP contribution in [0.3, 0.4) is 0 Å². The average molecular weight is 185 g/mol. The van der Waals surface area contributed by atoms with Crippen molar-refractivity contribution in [3.05, 3.63) is 0 Å². The van der Waals surface area contributed by atoms with E-state index in [4.69, 9.17) is 5.73 Å². The molecule has 1 aliphatic rings. The molecule has 5 heteroatoms. The van der Waals surface area contributed by atoms with Crippen LogP contribution in [0.25, 0.3) is 0 Å². The zero-order valence-corrected chi connectivity index (χ0v) is 6.49. The lowest BCUT2D eigenvalue weighted by Gasteiger charge is -2.43. The number of alkyl halides is 4. The molecule has 0 amide bonds. The second kappa shape index (κ2) is 2.87. The molecule has 1 unspecified atom stereocenters. The molecule has 0 spiro atoms. The summed E-state index contributed by atoms with van der Waals surface area (Å²) in [5.74, 6) is 0. The van der Waals surface area contributed by atoms with E-state index in [2.05, 4.69) is 0 Å². The fourth-order valence-corrected chi connectivity index (χ4v) is 1.54. The van der Waals surface area contributed by atoms with Crippen molar-refractivity contribution in [1.82, 2.24) is 0 Å². The third kappa shape index (κ3) is 1.42. The van der Waals surface area contributed by atoms with Crippen molar-refractivity contribution < 1.29 is 17.6 Å². The van der Waals surface area contributed by atoms with Crippen LogP contribution in [-0.4, -0.2) is 18.9 Å². The first kappa shape index (κ1) is 9.77. The molecule has 12 heavy (non-hydrogen) atoms. The van der Waals surface area contributed by atoms with Gasteiger partial charge in [-0.3, -0.25) is 0 Å². The summed E-state index contributed by atoms with van der Waals surface area (Å²) in [6.45, 7) is -0.215. The largest absolute Gasteiger partial charge is 0.420 e. The zero-order valence-electron chi connectivity index (χ0n) is 6.49. The van der Waals surface area contributed by atoms with Gasteiger partial charge in [-0.2, -0.15) is 13.2 Å². The topological polar surface area (TPSA) is 26.0 Å². The summed E-state index contributed by atoms with van der Waals surface area (Å²) in [6.07, 6.45) is -6.34. The molecule has 1 fully saturated rings. The zero-order chi connectivity index (χ0) is 9.41. The van der Waals surface area contributed by atoms with Crippen LogP contribution >= 0.6 is 0 Å². The van der Waals surface area contributed by atoms with E-state index >= 15 is 0 Å². The fraction of sp³-hybridized carbons (Fsp3) is 1.00. The minimum atomic E-state index is -4.75. The van der Waals surface area contributed by atoms with Gasteiger partial charge in [0.05, 0.1) is 0 Å². The molecule has 0 aromatic heterocycles. The van der Waals surface area contributed by atoms with Crippen LogP contribution in [0.4, 0.5) is 17.6 Å². The molecule has 1 aliphatic carbocycles. The van der Waals surface area contributed by atoms with Crippen LogP contribution < -0.4 is 5.73 Å². The number of rotatable bonds is 2. The van der Waals surface area contributed by atoms with Crippen LogP contribution in [0, 0.1) is 5.41 Å². The van der Waals surface area contributed by atoms with Gasteiger partial charge < -0.3 is 5.73 Å². The summed E-state index contributed by atoms with van der Waals surface area (Å²) in [5.41, 5.74) is 3.82. The maximum absolute atomic E-state index is 12.8. The monoisotopic (exact) mass is 185 g/mol. The van der Waals surface area contributed by atoms with E-state index in [0.29, 0.717) is 6.42 Å². The van der Waals surface area contributed by atoms with Crippen LogP contribution in [0.15, 0.2) is 0 Å². The van der Waals surface area contributed by atoms with Gasteiger partial charge in [0.15, 0.2) is 0 Å². The Morgan fingerprint density at radius 2 is 1.83 bits per heavy atom. The predicted octanol–water partition coefficient (Wildman–Crippen LogP) is 2.02. The van der Waals surface area contributed by atoms with Crippen LogP contribution in [-0.2, 0) is 0 Å². The molecule has 1 nitrogen and oxygen atoms in total.